The fraction of sp³-hybridized carbons (Fsp3) is 0.435. The number of ether oxygens (including phenoxy) is 9. The summed E-state index contributed by atoms with van der Waals surface area (Å²) < 4.78 is 54.5. The summed E-state index contributed by atoms with van der Waals surface area (Å²) in [6.45, 7) is 20.9. The van der Waals surface area contributed by atoms with Gasteiger partial charge in [-0.1, -0.05) is 67.8 Å². The molecule has 0 aliphatic carbocycles. The Morgan fingerprint density at radius 1 is 0.628 bits per heavy atom. The number of aryl methyl sites for hydroxylation is 2. The summed E-state index contributed by atoms with van der Waals surface area (Å²) in [7, 11) is 7.71. The van der Waals surface area contributed by atoms with Gasteiger partial charge in [0.1, 0.15) is 54.9 Å². The lowest BCUT2D eigenvalue weighted by molar-refractivity contribution is -0.143. The Hall–Kier alpha value is -8.03. The van der Waals surface area contributed by atoms with E-state index >= 15 is 0 Å². The number of fused-ring (bicyclic) bond motifs is 18. The zero-order chi connectivity index (χ0) is 60.6. The van der Waals surface area contributed by atoms with Gasteiger partial charge in [-0.25, -0.2) is 4.79 Å². The summed E-state index contributed by atoms with van der Waals surface area (Å²) in [6, 6.07) is 17.2. The number of nitrogens with zero attached hydrogens (tertiary/aromatic N) is 6. The van der Waals surface area contributed by atoms with Crippen molar-refractivity contribution < 1.29 is 52.5 Å². The predicted molar refractivity (Wildman–Crippen MR) is 323 cm³/mol. The SMILES string of the molecule is C=CCOc1c(C)c2c(c3c1CC1[C@H]4c5c(cc(C)c(OC)c5C)C[C@@H]([C@H](C#N)N1[C@H]3CO)N4C)OCO2.C=CCOc1c(C)c2c(c3c1CC1[C@H]4c5c(cc(C)c(OC)c5C)C[C@@H]([C@H](C#N)N1[C@H]3COC(=O)/C=C/c1ccccc1)N4C)OCO2. The van der Waals surface area contributed by atoms with E-state index in [2.05, 4.69) is 98.8 Å². The minimum absolute atomic E-state index is 0.0105. The number of likely N-dealkylation sites (N-methyl/N-ethyl adjacent to an activating group) is 2. The van der Waals surface area contributed by atoms with Crippen molar-refractivity contribution >= 4 is 12.0 Å². The second-order valence-corrected chi connectivity index (χ2v) is 23.8. The fourth-order valence-corrected chi connectivity index (χ4v) is 16.3. The topological polar surface area (TPSA) is 181 Å². The molecule has 5 aromatic carbocycles. The van der Waals surface area contributed by atoms with Crippen LogP contribution >= 0.6 is 0 Å². The lowest BCUT2D eigenvalue weighted by Crippen LogP contribution is -2.68. The smallest absolute Gasteiger partial charge is 0.330 e. The average molecular weight is 1170 g/mol. The van der Waals surface area contributed by atoms with E-state index in [0.29, 0.717) is 55.5 Å². The second-order valence-electron chi connectivity index (χ2n) is 23.8. The molecule has 13 rings (SSSR count). The van der Waals surface area contributed by atoms with Gasteiger partial charge in [0.2, 0.25) is 13.6 Å². The molecule has 2 fully saturated rings. The van der Waals surface area contributed by atoms with Crippen LogP contribution in [0.5, 0.6) is 46.0 Å². The number of hydrogen-bond acceptors (Lipinski definition) is 17. The standard InChI is InChI=1S/C39H41N3O6.C30H35N3O5/c1-7-15-45-37-24(4)38-39(48-21-47-38)34-27(37)18-29-35-33-23(3)36(44-6)22(2)16-26(33)17-28(41(35)5)30(19-40)42(29)31(34)20-46-32(43)14-13-25-11-9-8-10-12-25;1-7-8-36-28-17(4)29-30(38-14-37-29)25-19(28)11-21-26-24-16(3)27(35-6)15(2)9-18(24)10-20(32(26)5)22(12-31)33(21)23(25)13-34/h7-14,16,28-31,35H,1,15,17-18,20-21H2,2-6H3;7,9,20-23,26,34H,1,8,10-11,13-14H2,2-6H3/b14-13+;/t28-,29?,30-,31-,35-;20-,21?,22-,23-,26-/m00/s1. The number of aliphatic hydroxyl groups is 1. The van der Waals surface area contributed by atoms with E-state index in [1.165, 1.54) is 28.3 Å². The molecule has 0 radical (unpaired) electrons. The number of aliphatic hydroxyl groups excluding tert-OH is 1. The normalized spacial score (nSPS) is 25.3. The van der Waals surface area contributed by atoms with Crippen LogP contribution in [0.4, 0.5) is 0 Å². The van der Waals surface area contributed by atoms with Crippen molar-refractivity contribution in [3.05, 3.63) is 157 Å². The number of nitriles is 2. The summed E-state index contributed by atoms with van der Waals surface area (Å²) in [5.41, 5.74) is 15.9. The number of hydrogen-bond donors (Lipinski definition) is 1. The molecular weight excluding hydrogens is 1090 g/mol. The van der Waals surface area contributed by atoms with E-state index in [4.69, 9.17) is 42.6 Å². The third kappa shape index (κ3) is 9.15. The first-order valence-electron chi connectivity index (χ1n) is 29.7. The molecule has 0 spiro atoms. The van der Waals surface area contributed by atoms with E-state index in [-0.39, 0.29) is 63.1 Å². The number of methoxy groups -OCH3 is 2. The van der Waals surface area contributed by atoms with Crippen molar-refractivity contribution in [3.63, 3.8) is 0 Å². The van der Waals surface area contributed by atoms with Crippen LogP contribution in [-0.2, 0) is 35.2 Å². The van der Waals surface area contributed by atoms with Crippen LogP contribution < -0.4 is 37.9 Å². The van der Waals surface area contributed by atoms with Crippen LogP contribution in [0.3, 0.4) is 0 Å². The molecule has 4 bridgehead atoms. The van der Waals surface area contributed by atoms with Crippen molar-refractivity contribution in [3.8, 4) is 58.1 Å². The molecule has 0 aromatic heterocycles. The molecule has 2 unspecified atom stereocenters. The molecule has 448 valence electrons. The molecule has 8 aliphatic rings. The van der Waals surface area contributed by atoms with E-state index < -0.39 is 30.1 Å². The number of carbonyl (C=O) groups excluding carboxylic acids is 1. The van der Waals surface area contributed by atoms with Gasteiger partial charge in [-0.05, 0) is 137 Å². The maximum atomic E-state index is 13.2. The lowest BCUT2D eigenvalue weighted by Gasteiger charge is -2.60. The highest BCUT2D eigenvalue weighted by Crippen LogP contribution is 2.60. The molecule has 8 heterocycles. The highest BCUT2D eigenvalue weighted by Gasteiger charge is 2.59. The lowest BCUT2D eigenvalue weighted by atomic mass is 9.71. The molecule has 1 N–H and O–H groups in total. The highest BCUT2D eigenvalue weighted by atomic mass is 16.7. The Bertz CT molecular complexity index is 3680. The third-order valence-electron chi connectivity index (χ3n) is 19.5. The minimum Gasteiger partial charge on any atom is -0.496 e. The molecule has 10 atom stereocenters. The molecule has 17 heteroatoms. The van der Waals surface area contributed by atoms with Crippen molar-refractivity contribution in [2.75, 3.05) is 68.3 Å². The quantitative estimate of drug-likeness (QED) is 0.0668. The van der Waals surface area contributed by atoms with Crippen molar-refractivity contribution in [2.45, 2.75) is 128 Å². The summed E-state index contributed by atoms with van der Waals surface area (Å²) >= 11 is 0. The van der Waals surface area contributed by atoms with E-state index in [1.807, 2.05) is 44.2 Å². The van der Waals surface area contributed by atoms with Gasteiger partial charge in [-0.15, -0.1) is 0 Å². The van der Waals surface area contributed by atoms with Gasteiger partial charge in [-0.2, -0.15) is 10.5 Å². The largest absolute Gasteiger partial charge is 0.496 e. The van der Waals surface area contributed by atoms with E-state index in [1.54, 1.807) is 32.4 Å². The van der Waals surface area contributed by atoms with E-state index in [9.17, 15) is 20.4 Å². The van der Waals surface area contributed by atoms with Gasteiger partial charge in [0.05, 0.1) is 57.1 Å². The first kappa shape index (κ1) is 58.4. The minimum atomic E-state index is -0.493. The molecule has 17 nitrogen and oxygen atoms in total. The molecule has 5 aromatic rings. The second kappa shape index (κ2) is 23.3. The maximum Gasteiger partial charge on any atom is 0.330 e. The summed E-state index contributed by atoms with van der Waals surface area (Å²) in [5.74, 6) is 5.38. The van der Waals surface area contributed by atoms with Crippen LogP contribution in [0.1, 0.15) is 108 Å². The van der Waals surface area contributed by atoms with Crippen LogP contribution in [0.2, 0.25) is 0 Å². The summed E-state index contributed by atoms with van der Waals surface area (Å²) in [5, 5.41) is 32.4. The van der Waals surface area contributed by atoms with E-state index in [0.717, 1.165) is 90.6 Å². The van der Waals surface area contributed by atoms with Gasteiger partial charge in [0.25, 0.3) is 0 Å². The highest BCUT2D eigenvalue weighted by molar-refractivity contribution is 5.87. The number of piperazine rings is 2. The number of esters is 1. The zero-order valence-corrected chi connectivity index (χ0v) is 50.8. The Morgan fingerprint density at radius 3 is 1.52 bits per heavy atom. The van der Waals surface area contributed by atoms with Gasteiger partial charge < -0.3 is 47.7 Å². The predicted octanol–water partition coefficient (Wildman–Crippen LogP) is 9.62. The number of rotatable bonds is 13. The third-order valence-corrected chi connectivity index (χ3v) is 19.5. The Morgan fingerprint density at radius 2 is 1.08 bits per heavy atom. The summed E-state index contributed by atoms with van der Waals surface area (Å²) in [4.78, 5) is 22.5. The number of benzene rings is 5. The van der Waals surface area contributed by atoms with Gasteiger partial charge >= 0.3 is 5.97 Å². The Labute approximate surface area is 504 Å². The number of carbonyl (C=O) groups is 1. The monoisotopic (exact) mass is 1160 g/mol. The Kier molecular flexibility index (Phi) is 15.8. The van der Waals surface area contributed by atoms with Gasteiger partial charge in [0.15, 0.2) is 23.0 Å². The first-order chi connectivity index (χ1) is 41.7. The van der Waals surface area contributed by atoms with Crippen LogP contribution in [-0.4, -0.2) is 135 Å². The maximum absolute atomic E-state index is 13.2. The van der Waals surface area contributed by atoms with Crippen molar-refractivity contribution in [1.82, 2.24) is 19.6 Å². The van der Waals surface area contributed by atoms with Crippen molar-refractivity contribution in [1.29, 1.82) is 10.5 Å². The van der Waals surface area contributed by atoms with Gasteiger partial charge in [-0.3, -0.25) is 19.6 Å². The van der Waals surface area contributed by atoms with Gasteiger partial charge in [0, 0.05) is 63.6 Å². The molecular formula is C69H76N6O11. The first-order valence-corrected chi connectivity index (χ1v) is 29.7. The fourth-order valence-electron chi connectivity index (χ4n) is 16.3. The average Bonchev–Trinajstić information content (AvgIpc) is 1.57. The van der Waals surface area contributed by atoms with Crippen LogP contribution in [0, 0.1) is 64.2 Å². The van der Waals surface area contributed by atoms with Crippen LogP contribution in [0.25, 0.3) is 6.08 Å². The molecule has 8 aliphatic heterocycles. The molecule has 0 amide bonds. The molecule has 0 saturated carbocycles. The Balaban J connectivity index is 0.000000173. The summed E-state index contributed by atoms with van der Waals surface area (Å²) in [6.07, 6.45) is 9.36. The van der Waals surface area contributed by atoms with Crippen LogP contribution in [0.15, 0.2) is 73.9 Å². The van der Waals surface area contributed by atoms with Crippen molar-refractivity contribution in [2.24, 2.45) is 0 Å². The molecule has 2 saturated heterocycles. The molecule has 86 heavy (non-hydrogen) atoms. The zero-order valence-electron chi connectivity index (χ0n) is 50.8.